The van der Waals surface area contributed by atoms with Crippen LogP contribution in [0, 0.1) is 23.5 Å². The molecule has 0 bridgehead atoms. The van der Waals surface area contributed by atoms with Gasteiger partial charge in [-0.15, -0.1) is 0 Å². The van der Waals surface area contributed by atoms with Crippen molar-refractivity contribution in [2.45, 2.75) is 6.92 Å². The van der Waals surface area contributed by atoms with E-state index < -0.39 is 29.6 Å². The first-order valence-corrected chi connectivity index (χ1v) is 6.12. The lowest BCUT2D eigenvalue weighted by Crippen LogP contribution is -2.34. The second-order valence-electron chi connectivity index (χ2n) is 4.88. The molecule has 0 spiro atoms. The van der Waals surface area contributed by atoms with Gasteiger partial charge in [-0.3, -0.25) is 4.79 Å². The molecule has 20 heavy (non-hydrogen) atoms. The number of likely N-dealkylation sites (tertiary alicyclic amines) is 1. The Kier molecular flexibility index (Phi) is 3.87. The summed E-state index contributed by atoms with van der Waals surface area (Å²) in [5, 5.41) is 11.3. The molecule has 2 N–H and O–H groups in total. The van der Waals surface area contributed by atoms with E-state index in [2.05, 4.69) is 5.32 Å². The summed E-state index contributed by atoms with van der Waals surface area (Å²) >= 11 is 0. The highest BCUT2D eigenvalue weighted by atomic mass is 19.1. The minimum Gasteiger partial charge on any atom is -0.481 e. The van der Waals surface area contributed by atoms with Crippen LogP contribution in [-0.2, 0) is 4.79 Å². The predicted molar refractivity (Wildman–Crippen MR) is 67.2 cm³/mol. The maximum absolute atomic E-state index is 13.4. The fraction of sp³-hybridized carbons (Fsp3) is 0.385. The van der Waals surface area contributed by atoms with Gasteiger partial charge in [0, 0.05) is 19.2 Å². The maximum atomic E-state index is 13.4. The van der Waals surface area contributed by atoms with Crippen molar-refractivity contribution in [3.05, 3.63) is 29.8 Å². The van der Waals surface area contributed by atoms with E-state index in [9.17, 15) is 18.4 Å². The highest BCUT2D eigenvalue weighted by Gasteiger charge is 2.37. The average Bonchev–Trinajstić information content (AvgIpc) is 2.75. The number of carbonyl (C=O) groups is 2. The third kappa shape index (κ3) is 2.87. The van der Waals surface area contributed by atoms with Crippen molar-refractivity contribution in [1.29, 1.82) is 0 Å². The molecular weight excluding hydrogens is 270 g/mol. The van der Waals surface area contributed by atoms with Gasteiger partial charge in [-0.05, 0) is 18.1 Å². The van der Waals surface area contributed by atoms with E-state index in [1.807, 2.05) is 0 Å². The van der Waals surface area contributed by atoms with E-state index in [0.29, 0.717) is 6.07 Å². The Bertz CT molecular complexity index is 550. The fourth-order valence-corrected chi connectivity index (χ4v) is 2.24. The number of nitrogens with zero attached hydrogens (tertiary/aromatic N) is 1. The number of aliphatic carboxylic acids is 1. The zero-order valence-electron chi connectivity index (χ0n) is 10.8. The molecule has 7 heteroatoms. The van der Waals surface area contributed by atoms with Gasteiger partial charge in [0.05, 0.1) is 11.6 Å². The van der Waals surface area contributed by atoms with Crippen LogP contribution >= 0.6 is 0 Å². The van der Waals surface area contributed by atoms with Crippen molar-refractivity contribution >= 4 is 17.7 Å². The number of amides is 2. The maximum Gasteiger partial charge on any atom is 0.321 e. The van der Waals surface area contributed by atoms with E-state index in [0.717, 1.165) is 12.1 Å². The second-order valence-corrected chi connectivity index (χ2v) is 4.88. The summed E-state index contributed by atoms with van der Waals surface area (Å²) in [4.78, 5) is 24.2. The second kappa shape index (κ2) is 5.44. The molecule has 0 aromatic heterocycles. The summed E-state index contributed by atoms with van der Waals surface area (Å²) in [6, 6.07) is 2.23. The van der Waals surface area contributed by atoms with E-state index in [1.54, 1.807) is 6.92 Å². The summed E-state index contributed by atoms with van der Waals surface area (Å²) in [7, 11) is 0. The van der Waals surface area contributed by atoms with Crippen molar-refractivity contribution in [3.63, 3.8) is 0 Å². The molecule has 1 aliphatic rings. The number of carboxylic acid groups (broad SMARTS) is 1. The van der Waals surface area contributed by atoms with Crippen molar-refractivity contribution < 1.29 is 23.5 Å². The molecule has 0 aliphatic carbocycles. The summed E-state index contributed by atoms with van der Waals surface area (Å²) in [5.74, 6) is -3.36. The molecule has 0 radical (unpaired) electrons. The van der Waals surface area contributed by atoms with Crippen LogP contribution in [0.4, 0.5) is 19.3 Å². The molecule has 1 saturated heterocycles. The third-order valence-corrected chi connectivity index (χ3v) is 3.39. The van der Waals surface area contributed by atoms with Crippen LogP contribution in [0.25, 0.3) is 0 Å². The van der Waals surface area contributed by atoms with Crippen LogP contribution in [0.3, 0.4) is 0 Å². The van der Waals surface area contributed by atoms with Gasteiger partial charge in [0.15, 0.2) is 0 Å². The number of carbonyl (C=O) groups excluding carboxylic acids is 1. The molecule has 5 nitrogen and oxygen atoms in total. The summed E-state index contributed by atoms with van der Waals surface area (Å²) in [5.41, 5.74) is -0.136. The molecule has 2 atom stereocenters. The first-order chi connectivity index (χ1) is 9.38. The standard InChI is InChI=1S/C13H14F2N2O3/c1-7-5-17(6-9(7)12(18)19)13(20)16-11-3-2-8(14)4-10(11)15/h2-4,7,9H,5-6H2,1H3,(H,16,20)(H,18,19). The van der Waals surface area contributed by atoms with Crippen molar-refractivity contribution in [1.82, 2.24) is 4.90 Å². The van der Waals surface area contributed by atoms with Crippen molar-refractivity contribution in [3.8, 4) is 0 Å². The molecular formula is C13H14F2N2O3. The van der Waals surface area contributed by atoms with Gasteiger partial charge in [-0.25, -0.2) is 13.6 Å². The Morgan fingerprint density at radius 2 is 2.05 bits per heavy atom. The summed E-state index contributed by atoms with van der Waals surface area (Å²) in [6.07, 6.45) is 0. The number of anilines is 1. The molecule has 0 saturated carbocycles. The van der Waals surface area contributed by atoms with E-state index in [-0.39, 0.29) is 24.7 Å². The molecule has 2 rings (SSSR count). The third-order valence-electron chi connectivity index (χ3n) is 3.39. The number of halogens is 2. The quantitative estimate of drug-likeness (QED) is 0.874. The van der Waals surface area contributed by atoms with Crippen molar-refractivity contribution in [2.24, 2.45) is 11.8 Å². The van der Waals surface area contributed by atoms with Gasteiger partial charge in [0.2, 0.25) is 0 Å². The van der Waals surface area contributed by atoms with Crippen LogP contribution < -0.4 is 5.32 Å². The Labute approximate surface area is 114 Å². The Balaban J connectivity index is 2.04. The molecule has 1 heterocycles. The van der Waals surface area contributed by atoms with Crippen LogP contribution in [0.15, 0.2) is 18.2 Å². The topological polar surface area (TPSA) is 69.6 Å². The van der Waals surface area contributed by atoms with E-state index in [1.165, 1.54) is 4.90 Å². The largest absolute Gasteiger partial charge is 0.481 e. The normalized spacial score (nSPS) is 21.9. The van der Waals surface area contributed by atoms with E-state index >= 15 is 0 Å². The smallest absolute Gasteiger partial charge is 0.321 e. The van der Waals surface area contributed by atoms with Gasteiger partial charge in [0.1, 0.15) is 11.6 Å². The lowest BCUT2D eigenvalue weighted by atomic mass is 9.99. The number of carboxylic acids is 1. The van der Waals surface area contributed by atoms with Gasteiger partial charge in [-0.1, -0.05) is 6.92 Å². The molecule has 2 amide bonds. The van der Waals surface area contributed by atoms with Crippen molar-refractivity contribution in [2.75, 3.05) is 18.4 Å². The minimum atomic E-state index is -0.958. The number of benzene rings is 1. The lowest BCUT2D eigenvalue weighted by molar-refractivity contribution is -0.142. The highest BCUT2D eigenvalue weighted by molar-refractivity contribution is 5.90. The van der Waals surface area contributed by atoms with Gasteiger partial charge in [0.25, 0.3) is 0 Å². The summed E-state index contributed by atoms with van der Waals surface area (Å²) < 4.78 is 26.2. The van der Waals surface area contributed by atoms with Gasteiger partial charge in [-0.2, -0.15) is 0 Å². The van der Waals surface area contributed by atoms with E-state index in [4.69, 9.17) is 5.11 Å². The van der Waals surface area contributed by atoms with Crippen LogP contribution in [0.5, 0.6) is 0 Å². The first-order valence-electron chi connectivity index (χ1n) is 6.12. The highest BCUT2D eigenvalue weighted by Crippen LogP contribution is 2.24. The molecule has 2 unspecified atom stereocenters. The zero-order valence-corrected chi connectivity index (χ0v) is 10.8. The number of nitrogens with one attached hydrogen (secondary N) is 1. The van der Waals surface area contributed by atoms with Crippen LogP contribution in [-0.4, -0.2) is 35.1 Å². The summed E-state index contributed by atoms with van der Waals surface area (Å²) in [6.45, 7) is 2.10. The van der Waals surface area contributed by atoms with Crippen LogP contribution in [0.1, 0.15) is 6.92 Å². The zero-order chi connectivity index (χ0) is 14.9. The Morgan fingerprint density at radius 1 is 1.35 bits per heavy atom. The minimum absolute atomic E-state index is 0.0746. The Morgan fingerprint density at radius 3 is 2.60 bits per heavy atom. The predicted octanol–water partition coefficient (Wildman–Crippen LogP) is 2.15. The number of rotatable bonds is 2. The number of hydrogen-bond acceptors (Lipinski definition) is 2. The molecule has 108 valence electrons. The first kappa shape index (κ1) is 14.2. The number of urea groups is 1. The molecule has 1 aliphatic heterocycles. The number of hydrogen-bond donors (Lipinski definition) is 2. The van der Waals surface area contributed by atoms with Crippen LogP contribution in [0.2, 0.25) is 0 Å². The van der Waals surface area contributed by atoms with Gasteiger partial charge >= 0.3 is 12.0 Å². The SMILES string of the molecule is CC1CN(C(=O)Nc2ccc(F)cc2F)CC1C(=O)O. The van der Waals surface area contributed by atoms with Gasteiger partial charge < -0.3 is 15.3 Å². The molecule has 1 aromatic rings. The molecule has 1 fully saturated rings. The average molecular weight is 284 g/mol. The fourth-order valence-electron chi connectivity index (χ4n) is 2.24. The Hall–Kier alpha value is -2.18. The monoisotopic (exact) mass is 284 g/mol. The molecule has 1 aromatic carbocycles. The lowest BCUT2D eigenvalue weighted by Gasteiger charge is -2.17.